The van der Waals surface area contributed by atoms with E-state index >= 15 is 0 Å². The zero-order valence-electron chi connectivity index (χ0n) is 14.2. The van der Waals surface area contributed by atoms with Gasteiger partial charge in [0.2, 0.25) is 15.9 Å². The van der Waals surface area contributed by atoms with E-state index in [0.717, 1.165) is 0 Å². The van der Waals surface area contributed by atoms with E-state index in [2.05, 4.69) is 0 Å². The van der Waals surface area contributed by atoms with Gasteiger partial charge in [0.05, 0.1) is 11.3 Å². The third-order valence-corrected chi connectivity index (χ3v) is 6.90. The number of sulfonamides is 1. The van der Waals surface area contributed by atoms with Crippen LogP contribution in [0.5, 0.6) is 0 Å². The van der Waals surface area contributed by atoms with Crippen LogP contribution in [0.2, 0.25) is 10.0 Å². The molecule has 1 heterocycles. The van der Waals surface area contributed by atoms with E-state index in [9.17, 15) is 17.6 Å². The lowest BCUT2D eigenvalue weighted by atomic mass is 10.1. The second-order valence-corrected chi connectivity index (χ2v) is 8.90. The van der Waals surface area contributed by atoms with E-state index in [1.54, 1.807) is 12.1 Å². The van der Waals surface area contributed by atoms with E-state index in [1.165, 1.54) is 39.5 Å². The van der Waals surface area contributed by atoms with Gasteiger partial charge >= 0.3 is 0 Å². The van der Waals surface area contributed by atoms with E-state index in [-0.39, 0.29) is 54.0 Å². The van der Waals surface area contributed by atoms with Gasteiger partial charge in [-0.05, 0) is 30.3 Å². The van der Waals surface area contributed by atoms with Crippen molar-refractivity contribution in [3.8, 4) is 0 Å². The maximum Gasteiger partial charge on any atom is 0.243 e. The van der Waals surface area contributed by atoms with Crippen LogP contribution in [-0.4, -0.2) is 49.7 Å². The van der Waals surface area contributed by atoms with E-state index < -0.39 is 15.8 Å². The first-order valence-electron chi connectivity index (χ1n) is 8.25. The Hall–Kier alpha value is -1.67. The molecule has 0 N–H and O–H groups in total. The highest BCUT2D eigenvalue weighted by Crippen LogP contribution is 2.23. The highest BCUT2D eigenvalue weighted by Gasteiger charge is 2.30. The minimum atomic E-state index is -3.68. The van der Waals surface area contributed by atoms with Gasteiger partial charge in [-0.2, -0.15) is 4.31 Å². The summed E-state index contributed by atoms with van der Waals surface area (Å²) in [5, 5.41) is 0.539. The molecule has 0 saturated carbocycles. The van der Waals surface area contributed by atoms with Crippen molar-refractivity contribution in [1.82, 2.24) is 9.21 Å². The summed E-state index contributed by atoms with van der Waals surface area (Å²) in [4.78, 5) is 14.1. The molecule has 2 aromatic carbocycles. The Morgan fingerprint density at radius 2 is 1.70 bits per heavy atom. The molecular formula is C18H17Cl2FN2O3S. The van der Waals surface area contributed by atoms with Crippen molar-refractivity contribution in [3.63, 3.8) is 0 Å². The zero-order chi connectivity index (χ0) is 19.6. The molecule has 1 amide bonds. The van der Waals surface area contributed by atoms with Gasteiger partial charge in [-0.1, -0.05) is 35.3 Å². The summed E-state index contributed by atoms with van der Waals surface area (Å²) in [6, 6.07) is 10.3. The fourth-order valence-corrected chi connectivity index (χ4v) is 4.87. The molecule has 0 atom stereocenters. The topological polar surface area (TPSA) is 57.7 Å². The fourth-order valence-electron chi connectivity index (χ4n) is 2.92. The minimum Gasteiger partial charge on any atom is -0.340 e. The quantitative estimate of drug-likeness (QED) is 0.747. The van der Waals surface area contributed by atoms with Gasteiger partial charge in [0, 0.05) is 41.8 Å². The Morgan fingerprint density at radius 1 is 1.04 bits per heavy atom. The normalized spacial score (nSPS) is 15.7. The highest BCUT2D eigenvalue weighted by molar-refractivity contribution is 7.89. The molecule has 0 bridgehead atoms. The van der Waals surface area contributed by atoms with Gasteiger partial charge in [-0.25, -0.2) is 12.8 Å². The van der Waals surface area contributed by atoms with Gasteiger partial charge in [-0.3, -0.25) is 4.79 Å². The van der Waals surface area contributed by atoms with Crippen LogP contribution in [0, 0.1) is 5.82 Å². The highest BCUT2D eigenvalue weighted by atomic mass is 35.5. The number of benzene rings is 2. The summed E-state index contributed by atoms with van der Waals surface area (Å²) < 4.78 is 40.6. The molecule has 0 spiro atoms. The number of rotatable bonds is 4. The lowest BCUT2D eigenvalue weighted by molar-refractivity contribution is -0.131. The molecule has 2 aromatic rings. The number of halogens is 3. The first-order valence-corrected chi connectivity index (χ1v) is 10.4. The van der Waals surface area contributed by atoms with Gasteiger partial charge in [0.1, 0.15) is 5.82 Å². The van der Waals surface area contributed by atoms with Crippen LogP contribution in [-0.2, 0) is 21.2 Å². The minimum absolute atomic E-state index is 0.118. The van der Waals surface area contributed by atoms with Crippen molar-refractivity contribution >= 4 is 39.1 Å². The van der Waals surface area contributed by atoms with Crippen LogP contribution in [0.25, 0.3) is 0 Å². The van der Waals surface area contributed by atoms with Crippen molar-refractivity contribution < 1.29 is 17.6 Å². The van der Waals surface area contributed by atoms with Crippen LogP contribution >= 0.6 is 23.2 Å². The fraction of sp³-hybridized carbons (Fsp3) is 0.278. The van der Waals surface area contributed by atoms with Crippen LogP contribution < -0.4 is 0 Å². The van der Waals surface area contributed by atoms with E-state index in [0.29, 0.717) is 5.02 Å². The van der Waals surface area contributed by atoms with Crippen LogP contribution in [0.4, 0.5) is 4.39 Å². The largest absolute Gasteiger partial charge is 0.340 e. The molecule has 0 radical (unpaired) electrons. The van der Waals surface area contributed by atoms with E-state index in [4.69, 9.17) is 23.2 Å². The second-order valence-electron chi connectivity index (χ2n) is 6.12. The van der Waals surface area contributed by atoms with Crippen LogP contribution in [0.15, 0.2) is 47.4 Å². The summed E-state index contributed by atoms with van der Waals surface area (Å²) in [5.41, 5.74) is 0.151. The lowest BCUT2D eigenvalue weighted by Crippen LogP contribution is -2.50. The summed E-state index contributed by atoms with van der Waals surface area (Å²) >= 11 is 11.8. The van der Waals surface area contributed by atoms with Gasteiger partial charge < -0.3 is 4.90 Å². The van der Waals surface area contributed by atoms with E-state index in [1.807, 2.05) is 0 Å². The molecule has 1 saturated heterocycles. The third kappa shape index (κ3) is 4.43. The first kappa shape index (κ1) is 20.1. The number of carbonyl (C=O) groups is 1. The Morgan fingerprint density at radius 3 is 2.33 bits per heavy atom. The maximum atomic E-state index is 13.9. The molecule has 144 valence electrons. The average molecular weight is 431 g/mol. The number of piperazine rings is 1. The third-order valence-electron chi connectivity index (χ3n) is 4.41. The first-order chi connectivity index (χ1) is 12.8. The molecule has 1 fully saturated rings. The summed E-state index contributed by atoms with van der Waals surface area (Å²) in [5.74, 6) is -0.820. The molecule has 1 aliphatic heterocycles. The molecule has 5 nitrogen and oxygen atoms in total. The molecule has 27 heavy (non-hydrogen) atoms. The Labute approximate surface area is 167 Å². The molecule has 9 heteroatoms. The van der Waals surface area contributed by atoms with Gasteiger partial charge in [-0.15, -0.1) is 0 Å². The van der Waals surface area contributed by atoms with Crippen LogP contribution in [0.1, 0.15) is 5.56 Å². The van der Waals surface area contributed by atoms with Gasteiger partial charge in [0.25, 0.3) is 0 Å². The lowest BCUT2D eigenvalue weighted by Gasteiger charge is -2.34. The predicted molar refractivity (Wildman–Crippen MR) is 102 cm³/mol. The van der Waals surface area contributed by atoms with Crippen molar-refractivity contribution in [2.45, 2.75) is 11.3 Å². The molecule has 1 aliphatic rings. The second kappa shape index (κ2) is 8.14. The van der Waals surface area contributed by atoms with Crippen molar-refractivity contribution in [2.24, 2.45) is 0 Å². The summed E-state index contributed by atoms with van der Waals surface area (Å²) in [6.45, 7) is 0.770. The zero-order valence-corrected chi connectivity index (χ0v) is 16.6. The SMILES string of the molecule is O=C(Cc1c(F)cccc1Cl)N1CCN(S(=O)(=O)c2cccc(Cl)c2)CC1. The Bertz CT molecular complexity index is 941. The van der Waals surface area contributed by atoms with Crippen LogP contribution in [0.3, 0.4) is 0 Å². The molecule has 0 unspecified atom stereocenters. The van der Waals surface area contributed by atoms with Crippen molar-refractivity contribution in [2.75, 3.05) is 26.2 Å². The molecular weight excluding hydrogens is 414 g/mol. The molecule has 0 aliphatic carbocycles. The number of hydrogen-bond acceptors (Lipinski definition) is 3. The number of amides is 1. The smallest absolute Gasteiger partial charge is 0.243 e. The molecule has 3 rings (SSSR count). The van der Waals surface area contributed by atoms with Crippen molar-refractivity contribution in [1.29, 1.82) is 0 Å². The summed E-state index contributed by atoms with van der Waals surface area (Å²) in [6.07, 6.45) is -0.160. The Balaban J connectivity index is 1.66. The predicted octanol–water partition coefficient (Wildman–Crippen LogP) is 3.21. The standard InChI is InChI=1S/C18H17Cl2FN2O3S/c19-13-3-1-4-14(11-13)27(25,26)23-9-7-22(8-10-23)18(24)12-15-16(20)5-2-6-17(15)21/h1-6,11H,7-10,12H2. The monoisotopic (exact) mass is 430 g/mol. The molecule has 0 aromatic heterocycles. The number of nitrogens with zero attached hydrogens (tertiary/aromatic N) is 2. The summed E-state index contributed by atoms with van der Waals surface area (Å²) in [7, 11) is -3.68. The maximum absolute atomic E-state index is 13.9. The average Bonchev–Trinajstić information content (AvgIpc) is 2.65. The Kier molecular flexibility index (Phi) is 6.05. The van der Waals surface area contributed by atoms with Crippen molar-refractivity contribution in [3.05, 3.63) is 63.9 Å². The number of carbonyl (C=O) groups excluding carboxylic acids is 1. The number of hydrogen-bond donors (Lipinski definition) is 0. The van der Waals surface area contributed by atoms with Gasteiger partial charge in [0.15, 0.2) is 0 Å².